The van der Waals surface area contributed by atoms with E-state index in [-0.39, 0.29) is 17.7 Å². The second kappa shape index (κ2) is 6.40. The number of carbonyl (C=O) groups excluding carboxylic acids is 2. The summed E-state index contributed by atoms with van der Waals surface area (Å²) in [6, 6.07) is 0. The van der Waals surface area contributed by atoms with Gasteiger partial charge < -0.3 is 9.53 Å². The molecule has 0 unspecified atom stereocenters. The summed E-state index contributed by atoms with van der Waals surface area (Å²) in [6.07, 6.45) is 3.53. The van der Waals surface area contributed by atoms with Crippen molar-refractivity contribution in [2.45, 2.75) is 27.2 Å². The van der Waals surface area contributed by atoms with Crippen LogP contribution in [-0.4, -0.2) is 18.4 Å². The molecule has 3 nitrogen and oxygen atoms in total. The van der Waals surface area contributed by atoms with E-state index in [0.717, 1.165) is 0 Å². The maximum absolute atomic E-state index is 10.8. The van der Waals surface area contributed by atoms with Crippen LogP contribution in [0.4, 0.5) is 0 Å². The number of allylic oxidation sites excluding steroid dienone is 1. The molecule has 0 radical (unpaired) electrons. The molecule has 0 aromatic carbocycles. The van der Waals surface area contributed by atoms with Crippen molar-refractivity contribution in [3.63, 3.8) is 0 Å². The maximum atomic E-state index is 10.8. The number of Topliss-reactive ketones (excluding diaryl/α,β-unsaturated/α-hetero) is 1. The van der Waals surface area contributed by atoms with Gasteiger partial charge in [0, 0.05) is 12.5 Å². The monoisotopic (exact) mass is 184 g/mol. The first-order valence-corrected chi connectivity index (χ1v) is 4.40. The number of rotatable bonds is 5. The molecule has 0 aliphatic rings. The van der Waals surface area contributed by atoms with E-state index in [9.17, 15) is 9.59 Å². The molecule has 1 atom stereocenters. The summed E-state index contributed by atoms with van der Waals surface area (Å²) in [5.74, 6) is -0.124. The Labute approximate surface area is 78.8 Å². The van der Waals surface area contributed by atoms with Gasteiger partial charge in [-0.05, 0) is 19.8 Å². The summed E-state index contributed by atoms with van der Waals surface area (Å²) < 4.78 is 4.69. The fourth-order valence-corrected chi connectivity index (χ4v) is 0.955. The molecular weight excluding hydrogens is 168 g/mol. The minimum Gasteiger partial charge on any atom is -0.463 e. The van der Waals surface area contributed by atoms with Crippen LogP contribution in [-0.2, 0) is 14.3 Å². The third kappa shape index (κ3) is 7.25. The van der Waals surface area contributed by atoms with Gasteiger partial charge in [0.05, 0.1) is 6.61 Å². The number of hydrogen-bond acceptors (Lipinski definition) is 3. The van der Waals surface area contributed by atoms with E-state index in [4.69, 9.17) is 0 Å². The van der Waals surface area contributed by atoms with Gasteiger partial charge in [0.2, 0.25) is 0 Å². The minimum absolute atomic E-state index is 0.0990. The fraction of sp³-hybridized carbons (Fsp3) is 0.600. The summed E-state index contributed by atoms with van der Waals surface area (Å²) in [7, 11) is 0. The average molecular weight is 184 g/mol. The van der Waals surface area contributed by atoms with Crippen LogP contribution in [0.2, 0.25) is 0 Å². The van der Waals surface area contributed by atoms with Crippen molar-refractivity contribution >= 4 is 11.8 Å². The van der Waals surface area contributed by atoms with Crippen molar-refractivity contribution in [3.8, 4) is 0 Å². The van der Waals surface area contributed by atoms with E-state index >= 15 is 0 Å². The Morgan fingerprint density at radius 3 is 2.54 bits per heavy atom. The first-order valence-electron chi connectivity index (χ1n) is 4.40. The second-order valence-corrected chi connectivity index (χ2v) is 2.99. The molecule has 0 amide bonds. The summed E-state index contributed by atoms with van der Waals surface area (Å²) in [5, 5.41) is 0. The number of hydrogen-bond donors (Lipinski definition) is 0. The molecule has 0 aliphatic carbocycles. The summed E-state index contributed by atoms with van der Waals surface area (Å²) >= 11 is 0. The summed E-state index contributed by atoms with van der Waals surface area (Å²) in [4.78, 5) is 21.5. The molecule has 0 aromatic rings. The quantitative estimate of drug-likeness (QED) is 0.482. The lowest BCUT2D eigenvalue weighted by molar-refractivity contribution is -0.137. The zero-order valence-electron chi connectivity index (χ0n) is 8.37. The lowest BCUT2D eigenvalue weighted by atomic mass is 10.1. The smallest absolute Gasteiger partial charge is 0.330 e. The van der Waals surface area contributed by atoms with E-state index in [1.54, 1.807) is 13.0 Å². The van der Waals surface area contributed by atoms with Gasteiger partial charge in [-0.1, -0.05) is 13.0 Å². The molecule has 0 fully saturated rings. The highest BCUT2D eigenvalue weighted by Gasteiger charge is 2.02. The van der Waals surface area contributed by atoms with Crippen LogP contribution in [0.15, 0.2) is 12.2 Å². The molecule has 0 saturated heterocycles. The van der Waals surface area contributed by atoms with Crippen LogP contribution >= 0.6 is 0 Å². The highest BCUT2D eigenvalue weighted by atomic mass is 16.5. The van der Waals surface area contributed by atoms with Gasteiger partial charge in [-0.25, -0.2) is 4.79 Å². The Kier molecular flexibility index (Phi) is 5.85. The Morgan fingerprint density at radius 1 is 1.46 bits per heavy atom. The van der Waals surface area contributed by atoms with Crippen LogP contribution in [0.5, 0.6) is 0 Å². The lowest BCUT2D eigenvalue weighted by Crippen LogP contribution is -2.02. The molecule has 13 heavy (non-hydrogen) atoms. The average Bonchev–Trinajstić information content (AvgIpc) is 2.00. The van der Waals surface area contributed by atoms with Gasteiger partial charge in [0.1, 0.15) is 5.78 Å². The largest absolute Gasteiger partial charge is 0.463 e. The van der Waals surface area contributed by atoms with E-state index in [2.05, 4.69) is 4.74 Å². The maximum Gasteiger partial charge on any atom is 0.330 e. The van der Waals surface area contributed by atoms with Gasteiger partial charge in [0.25, 0.3) is 0 Å². The van der Waals surface area contributed by atoms with Gasteiger partial charge in [0.15, 0.2) is 0 Å². The topological polar surface area (TPSA) is 43.4 Å². The van der Waals surface area contributed by atoms with Crippen molar-refractivity contribution in [1.29, 1.82) is 0 Å². The second-order valence-electron chi connectivity index (χ2n) is 2.99. The molecule has 0 heterocycles. The van der Waals surface area contributed by atoms with Crippen LogP contribution in [0.1, 0.15) is 27.2 Å². The van der Waals surface area contributed by atoms with Crippen molar-refractivity contribution in [2.75, 3.05) is 6.61 Å². The van der Waals surface area contributed by atoms with E-state index in [0.29, 0.717) is 13.0 Å². The molecule has 0 rings (SSSR count). The minimum atomic E-state index is -0.349. The van der Waals surface area contributed by atoms with Crippen LogP contribution < -0.4 is 0 Å². The predicted octanol–water partition coefficient (Wildman–Crippen LogP) is 1.72. The third-order valence-electron chi connectivity index (χ3n) is 1.46. The molecule has 0 bridgehead atoms. The summed E-state index contributed by atoms with van der Waals surface area (Å²) in [5.41, 5.74) is 0. The van der Waals surface area contributed by atoms with Crippen LogP contribution in [0.3, 0.4) is 0 Å². The van der Waals surface area contributed by atoms with Crippen LogP contribution in [0.25, 0.3) is 0 Å². The Morgan fingerprint density at radius 2 is 2.08 bits per heavy atom. The number of ketones is 1. The van der Waals surface area contributed by atoms with Crippen molar-refractivity contribution in [1.82, 2.24) is 0 Å². The lowest BCUT2D eigenvalue weighted by Gasteiger charge is -2.01. The number of esters is 1. The molecule has 0 spiro atoms. The SMILES string of the molecule is CCOC(=O)/C=C/[C@H](C)CC(C)=O. The predicted molar refractivity (Wildman–Crippen MR) is 50.2 cm³/mol. The zero-order valence-corrected chi connectivity index (χ0v) is 8.37. The normalized spacial score (nSPS) is 12.8. The first kappa shape index (κ1) is 11.9. The van der Waals surface area contributed by atoms with Crippen molar-refractivity contribution in [2.24, 2.45) is 5.92 Å². The standard InChI is InChI=1S/C10H16O3/c1-4-13-10(12)6-5-8(2)7-9(3)11/h5-6,8H,4,7H2,1-3H3/b6-5+/t8-/m0/s1. The number of carbonyl (C=O) groups is 2. The van der Waals surface area contributed by atoms with Gasteiger partial charge in [-0.15, -0.1) is 0 Å². The summed E-state index contributed by atoms with van der Waals surface area (Å²) in [6.45, 7) is 5.56. The zero-order chi connectivity index (χ0) is 10.3. The molecule has 0 aliphatic heterocycles. The van der Waals surface area contributed by atoms with Crippen molar-refractivity contribution in [3.05, 3.63) is 12.2 Å². The van der Waals surface area contributed by atoms with Gasteiger partial charge in [-0.2, -0.15) is 0 Å². The third-order valence-corrected chi connectivity index (χ3v) is 1.46. The van der Waals surface area contributed by atoms with E-state index in [1.807, 2.05) is 6.92 Å². The first-order chi connectivity index (χ1) is 6.06. The highest BCUT2D eigenvalue weighted by molar-refractivity contribution is 5.82. The van der Waals surface area contributed by atoms with E-state index in [1.165, 1.54) is 13.0 Å². The van der Waals surface area contributed by atoms with Gasteiger partial charge in [-0.3, -0.25) is 0 Å². The highest BCUT2D eigenvalue weighted by Crippen LogP contribution is 2.03. The Hall–Kier alpha value is -1.12. The molecule has 0 saturated carbocycles. The molecule has 0 aromatic heterocycles. The van der Waals surface area contributed by atoms with Gasteiger partial charge >= 0.3 is 5.97 Å². The van der Waals surface area contributed by atoms with Crippen molar-refractivity contribution < 1.29 is 14.3 Å². The van der Waals surface area contributed by atoms with Crippen LogP contribution in [0, 0.1) is 5.92 Å². The molecule has 0 N–H and O–H groups in total. The Bertz CT molecular complexity index is 206. The molecular formula is C10H16O3. The fourth-order valence-electron chi connectivity index (χ4n) is 0.955. The molecule has 3 heteroatoms. The molecule has 74 valence electrons. The Balaban J connectivity index is 3.82. The number of ether oxygens (including phenoxy) is 1. The van der Waals surface area contributed by atoms with E-state index < -0.39 is 0 Å².